The lowest BCUT2D eigenvalue weighted by Crippen LogP contribution is -2.31. The summed E-state index contributed by atoms with van der Waals surface area (Å²) in [5, 5.41) is 2.87. The van der Waals surface area contributed by atoms with Crippen molar-refractivity contribution in [2.75, 3.05) is 37.5 Å². The Labute approximate surface area is 209 Å². The van der Waals surface area contributed by atoms with Crippen LogP contribution in [-0.2, 0) is 9.53 Å². The molecule has 5 nitrogen and oxygen atoms in total. The highest BCUT2D eigenvalue weighted by molar-refractivity contribution is 5.92. The fourth-order valence-electron chi connectivity index (χ4n) is 4.73. The molecule has 35 heavy (non-hydrogen) atoms. The Morgan fingerprint density at radius 1 is 0.971 bits per heavy atom. The Kier molecular flexibility index (Phi) is 8.09. The van der Waals surface area contributed by atoms with E-state index in [2.05, 4.69) is 61.6 Å². The van der Waals surface area contributed by atoms with Gasteiger partial charge in [0.25, 0.3) is 5.91 Å². The van der Waals surface area contributed by atoms with Gasteiger partial charge in [-0.1, -0.05) is 56.3 Å². The van der Waals surface area contributed by atoms with Gasteiger partial charge < -0.3 is 19.7 Å². The Morgan fingerprint density at radius 2 is 1.66 bits per heavy atom. The number of hydrogen-bond donors (Lipinski definition) is 1. The van der Waals surface area contributed by atoms with Crippen LogP contribution in [0.25, 0.3) is 0 Å². The zero-order chi connectivity index (χ0) is 24.8. The van der Waals surface area contributed by atoms with E-state index in [1.807, 2.05) is 55.4 Å². The number of nitrogens with zero attached hydrogens (tertiary/aromatic N) is 1. The summed E-state index contributed by atoms with van der Waals surface area (Å²) in [5.74, 6) is 1.86. The van der Waals surface area contributed by atoms with Crippen molar-refractivity contribution in [3.05, 3.63) is 90.0 Å². The molecule has 0 bridgehead atoms. The summed E-state index contributed by atoms with van der Waals surface area (Å²) in [4.78, 5) is 14.3. The fourth-order valence-corrected chi connectivity index (χ4v) is 4.73. The highest BCUT2D eigenvalue weighted by Gasteiger charge is 2.34. The Morgan fingerprint density at radius 3 is 2.29 bits per heavy atom. The van der Waals surface area contributed by atoms with Crippen LogP contribution in [0.3, 0.4) is 0 Å². The molecule has 1 fully saturated rings. The molecule has 3 aromatic rings. The largest absolute Gasteiger partial charge is 0.484 e. The number of amides is 1. The molecule has 0 aliphatic carbocycles. The van der Waals surface area contributed by atoms with Crippen LogP contribution in [0.15, 0.2) is 78.9 Å². The second-order valence-electron chi connectivity index (χ2n) is 9.85. The molecule has 3 aromatic carbocycles. The normalized spacial score (nSPS) is 19.9. The zero-order valence-corrected chi connectivity index (χ0v) is 21.1. The highest BCUT2D eigenvalue weighted by Crippen LogP contribution is 2.43. The van der Waals surface area contributed by atoms with Crippen molar-refractivity contribution in [2.45, 2.75) is 32.3 Å². The number of ether oxygens (including phenoxy) is 2. The summed E-state index contributed by atoms with van der Waals surface area (Å²) >= 11 is 0. The topological polar surface area (TPSA) is 50.8 Å². The smallest absolute Gasteiger partial charge is 0.262 e. The van der Waals surface area contributed by atoms with Crippen molar-refractivity contribution in [1.29, 1.82) is 0 Å². The molecule has 0 spiro atoms. The van der Waals surface area contributed by atoms with Crippen molar-refractivity contribution in [3.63, 3.8) is 0 Å². The van der Waals surface area contributed by atoms with E-state index in [-0.39, 0.29) is 18.6 Å². The summed E-state index contributed by atoms with van der Waals surface area (Å²) in [5.41, 5.74) is 4.35. The van der Waals surface area contributed by atoms with Gasteiger partial charge in [0.2, 0.25) is 0 Å². The number of benzene rings is 3. The number of nitrogens with one attached hydrogen (secondary N) is 1. The monoisotopic (exact) mass is 472 g/mol. The summed E-state index contributed by atoms with van der Waals surface area (Å²) < 4.78 is 12.2. The number of hydrogen-bond acceptors (Lipinski definition) is 4. The van der Waals surface area contributed by atoms with E-state index < -0.39 is 0 Å². The first kappa shape index (κ1) is 24.8. The van der Waals surface area contributed by atoms with Crippen molar-refractivity contribution >= 4 is 17.3 Å². The van der Waals surface area contributed by atoms with E-state index in [1.54, 1.807) is 0 Å². The average Bonchev–Trinajstić information content (AvgIpc) is 2.88. The predicted octanol–water partition coefficient (Wildman–Crippen LogP) is 6.29. The van der Waals surface area contributed by atoms with E-state index in [0.29, 0.717) is 23.5 Å². The molecule has 0 aromatic heterocycles. The first-order valence-corrected chi connectivity index (χ1v) is 12.4. The molecule has 0 unspecified atom stereocenters. The number of carbonyl (C=O) groups is 1. The van der Waals surface area contributed by atoms with Crippen molar-refractivity contribution in [2.24, 2.45) is 11.8 Å². The van der Waals surface area contributed by atoms with Gasteiger partial charge in [-0.3, -0.25) is 4.79 Å². The molecule has 1 aliphatic heterocycles. The molecule has 184 valence electrons. The molecule has 1 amide bonds. The third kappa shape index (κ3) is 6.43. The van der Waals surface area contributed by atoms with E-state index >= 15 is 0 Å². The van der Waals surface area contributed by atoms with Gasteiger partial charge in [-0.2, -0.15) is 0 Å². The van der Waals surface area contributed by atoms with Gasteiger partial charge in [-0.05, 0) is 65.8 Å². The van der Waals surface area contributed by atoms with Crippen LogP contribution in [0.1, 0.15) is 43.4 Å². The molecule has 5 heteroatoms. The first-order chi connectivity index (χ1) is 16.9. The lowest BCUT2D eigenvalue weighted by atomic mass is 9.76. The molecule has 0 radical (unpaired) electrons. The summed E-state index contributed by atoms with van der Waals surface area (Å²) in [6.45, 7) is 5.24. The Balaban J connectivity index is 1.32. The molecule has 1 N–H and O–H groups in total. The zero-order valence-electron chi connectivity index (χ0n) is 21.1. The van der Waals surface area contributed by atoms with Crippen LogP contribution in [0.4, 0.5) is 11.4 Å². The average molecular weight is 473 g/mol. The van der Waals surface area contributed by atoms with Gasteiger partial charge in [0.15, 0.2) is 6.61 Å². The van der Waals surface area contributed by atoms with Crippen LogP contribution in [0, 0.1) is 11.8 Å². The van der Waals surface area contributed by atoms with Crippen LogP contribution >= 0.6 is 0 Å². The molecule has 0 saturated carbocycles. The third-order valence-electron chi connectivity index (χ3n) is 6.80. The van der Waals surface area contributed by atoms with E-state index in [9.17, 15) is 4.79 Å². The molecule has 1 saturated heterocycles. The standard InChI is InChI=1S/C30H36N2O3/c1-21(2)28-18-24(22-8-6-5-7-9-22)19-35-30(28)23-10-16-27(17-11-23)34-20-29(33)31-25-12-14-26(15-13-25)32(3)4/h5-17,21,24,28,30H,18-20H2,1-4H3,(H,31,33)/t24-,28-,30-/m0/s1. The van der Waals surface area contributed by atoms with Crippen molar-refractivity contribution in [3.8, 4) is 5.75 Å². The summed E-state index contributed by atoms with van der Waals surface area (Å²) in [6, 6.07) is 26.4. The van der Waals surface area contributed by atoms with Gasteiger partial charge in [0.05, 0.1) is 12.7 Å². The molecular weight excluding hydrogens is 436 g/mol. The quantitative estimate of drug-likeness (QED) is 0.419. The number of carbonyl (C=O) groups excluding carboxylic acids is 1. The minimum Gasteiger partial charge on any atom is -0.484 e. The van der Waals surface area contributed by atoms with Gasteiger partial charge in [-0.25, -0.2) is 0 Å². The maximum absolute atomic E-state index is 12.3. The second kappa shape index (κ2) is 11.4. The lowest BCUT2D eigenvalue weighted by Gasteiger charge is -2.39. The van der Waals surface area contributed by atoms with Gasteiger partial charge >= 0.3 is 0 Å². The minimum absolute atomic E-state index is 0.0396. The van der Waals surface area contributed by atoms with Crippen LogP contribution in [-0.4, -0.2) is 33.2 Å². The van der Waals surface area contributed by atoms with Crippen molar-refractivity contribution in [1.82, 2.24) is 0 Å². The van der Waals surface area contributed by atoms with Gasteiger partial charge in [-0.15, -0.1) is 0 Å². The third-order valence-corrected chi connectivity index (χ3v) is 6.80. The Bertz CT molecular complexity index is 1080. The molecule has 1 aliphatic rings. The highest BCUT2D eigenvalue weighted by atomic mass is 16.5. The van der Waals surface area contributed by atoms with Crippen LogP contribution in [0.2, 0.25) is 0 Å². The van der Waals surface area contributed by atoms with Crippen LogP contribution in [0.5, 0.6) is 5.75 Å². The summed E-state index contributed by atoms with van der Waals surface area (Å²) in [6.07, 6.45) is 1.18. The molecule has 1 heterocycles. The van der Waals surface area contributed by atoms with E-state index in [4.69, 9.17) is 9.47 Å². The van der Waals surface area contributed by atoms with Crippen LogP contribution < -0.4 is 15.0 Å². The first-order valence-electron chi connectivity index (χ1n) is 12.4. The number of rotatable bonds is 8. The van der Waals surface area contributed by atoms with E-state index in [0.717, 1.165) is 30.0 Å². The maximum Gasteiger partial charge on any atom is 0.262 e. The minimum atomic E-state index is -0.186. The molecular formula is C30H36N2O3. The molecule has 4 rings (SSSR count). The van der Waals surface area contributed by atoms with Gasteiger partial charge in [0.1, 0.15) is 5.75 Å². The second-order valence-corrected chi connectivity index (χ2v) is 9.85. The Hall–Kier alpha value is -3.31. The summed E-state index contributed by atoms with van der Waals surface area (Å²) in [7, 11) is 3.97. The lowest BCUT2D eigenvalue weighted by molar-refractivity contribution is -0.118. The van der Waals surface area contributed by atoms with E-state index in [1.165, 1.54) is 5.56 Å². The fraction of sp³-hybridized carbons (Fsp3) is 0.367. The molecule has 3 atom stereocenters. The predicted molar refractivity (Wildman–Crippen MR) is 142 cm³/mol. The maximum atomic E-state index is 12.3. The van der Waals surface area contributed by atoms with Crippen molar-refractivity contribution < 1.29 is 14.3 Å². The van der Waals surface area contributed by atoms with Gasteiger partial charge in [0, 0.05) is 31.4 Å². The SMILES string of the molecule is CC(C)[C@@H]1C[C@H](c2ccccc2)CO[C@H]1c1ccc(OCC(=O)Nc2ccc(N(C)C)cc2)cc1. The number of anilines is 2.